The summed E-state index contributed by atoms with van der Waals surface area (Å²) in [6.07, 6.45) is 11.4. The van der Waals surface area contributed by atoms with Gasteiger partial charge in [0, 0.05) is 38.4 Å². The van der Waals surface area contributed by atoms with E-state index >= 15 is 0 Å². The summed E-state index contributed by atoms with van der Waals surface area (Å²) in [6.45, 7) is 4.17. The van der Waals surface area contributed by atoms with E-state index in [1.165, 1.54) is 29.4 Å². The van der Waals surface area contributed by atoms with E-state index < -0.39 is 10.0 Å². The molecule has 184 valence electrons. The molecule has 1 saturated carbocycles. The summed E-state index contributed by atoms with van der Waals surface area (Å²) < 4.78 is 28.0. The summed E-state index contributed by atoms with van der Waals surface area (Å²) in [7, 11) is -3.77. The zero-order chi connectivity index (χ0) is 23.4. The van der Waals surface area contributed by atoms with E-state index in [1.54, 1.807) is 4.90 Å². The van der Waals surface area contributed by atoms with E-state index in [0.29, 0.717) is 44.1 Å². The Bertz CT molecular complexity index is 928. The minimum atomic E-state index is -3.77. The number of likely N-dealkylation sites (tertiary alicyclic amines) is 1. The zero-order valence-electron chi connectivity index (χ0n) is 19.7. The Morgan fingerprint density at radius 1 is 0.970 bits per heavy atom. The third kappa shape index (κ3) is 5.80. The lowest BCUT2D eigenvalue weighted by Gasteiger charge is -2.32. The first kappa shape index (κ1) is 24.3. The minimum absolute atomic E-state index is 0.0222. The first-order valence-corrected chi connectivity index (χ1v) is 14.1. The fraction of sp³-hybridized carbons (Fsp3) is 0.750. The lowest BCUT2D eigenvalue weighted by Crippen LogP contribution is -2.47. The van der Waals surface area contributed by atoms with Crippen LogP contribution in [0, 0.1) is 11.8 Å². The van der Waals surface area contributed by atoms with Gasteiger partial charge in [-0.1, -0.05) is 32.6 Å². The predicted molar refractivity (Wildman–Crippen MR) is 126 cm³/mol. The van der Waals surface area contributed by atoms with Gasteiger partial charge in [0.1, 0.15) is 10.6 Å². The second-order valence-corrected chi connectivity index (χ2v) is 12.1. The molecule has 4 rings (SSSR count). The summed E-state index contributed by atoms with van der Waals surface area (Å²) in [4.78, 5) is 30.5. The number of carbonyl (C=O) groups excluding carboxylic acids is 2. The van der Waals surface area contributed by atoms with Crippen molar-refractivity contribution in [3.63, 3.8) is 0 Å². The molecule has 1 aromatic rings. The normalized spacial score (nSPS) is 24.4. The standard InChI is InChI=1S/C24H38N4O4S/c1-18-10-13-27(14-11-18)24(30)22-15-21(16-25-22)33(31,32)28-12-6-7-19(17-28)23(29)26-20-8-4-2-3-5-9-20/h15-16,18-20,25H,2-14,17H2,1H3,(H,26,29). The monoisotopic (exact) mass is 478 g/mol. The minimum Gasteiger partial charge on any atom is -0.356 e. The maximum Gasteiger partial charge on any atom is 0.270 e. The van der Waals surface area contributed by atoms with Crippen molar-refractivity contribution in [2.45, 2.75) is 82.1 Å². The Kier molecular flexibility index (Phi) is 7.79. The number of nitrogens with zero attached hydrogens (tertiary/aromatic N) is 2. The molecule has 3 fully saturated rings. The number of aromatic nitrogens is 1. The van der Waals surface area contributed by atoms with Crippen LogP contribution in [0.4, 0.5) is 0 Å². The van der Waals surface area contributed by atoms with Gasteiger partial charge in [0.25, 0.3) is 5.91 Å². The first-order chi connectivity index (χ1) is 15.8. The molecular formula is C24H38N4O4S. The van der Waals surface area contributed by atoms with Crippen LogP contribution in [-0.2, 0) is 14.8 Å². The Morgan fingerprint density at radius 3 is 2.36 bits per heavy atom. The first-order valence-electron chi connectivity index (χ1n) is 12.6. The molecule has 3 aliphatic rings. The molecule has 3 heterocycles. The molecular weight excluding hydrogens is 440 g/mol. The number of hydrogen-bond donors (Lipinski definition) is 2. The Morgan fingerprint density at radius 2 is 1.67 bits per heavy atom. The van der Waals surface area contributed by atoms with Gasteiger partial charge >= 0.3 is 0 Å². The van der Waals surface area contributed by atoms with Gasteiger partial charge in [0.2, 0.25) is 15.9 Å². The molecule has 1 aromatic heterocycles. The van der Waals surface area contributed by atoms with Crippen molar-refractivity contribution in [1.29, 1.82) is 0 Å². The predicted octanol–water partition coefficient (Wildman–Crippen LogP) is 3.13. The highest BCUT2D eigenvalue weighted by Gasteiger charge is 2.35. The summed E-state index contributed by atoms with van der Waals surface area (Å²) in [6, 6.07) is 1.66. The summed E-state index contributed by atoms with van der Waals surface area (Å²) >= 11 is 0. The molecule has 0 spiro atoms. The van der Waals surface area contributed by atoms with Gasteiger partial charge in [-0.05, 0) is 50.5 Å². The average molecular weight is 479 g/mol. The fourth-order valence-electron chi connectivity index (χ4n) is 5.30. The number of sulfonamides is 1. The molecule has 0 radical (unpaired) electrons. The van der Waals surface area contributed by atoms with Crippen molar-refractivity contribution < 1.29 is 18.0 Å². The van der Waals surface area contributed by atoms with E-state index in [4.69, 9.17) is 0 Å². The zero-order valence-corrected chi connectivity index (χ0v) is 20.5. The summed E-state index contributed by atoms with van der Waals surface area (Å²) in [5.41, 5.74) is 0.308. The van der Waals surface area contributed by atoms with Crippen molar-refractivity contribution in [2.75, 3.05) is 26.2 Å². The second kappa shape index (κ2) is 10.6. The van der Waals surface area contributed by atoms with Crippen molar-refractivity contribution in [1.82, 2.24) is 19.5 Å². The van der Waals surface area contributed by atoms with Gasteiger partial charge in [-0.25, -0.2) is 8.42 Å². The highest BCUT2D eigenvalue weighted by atomic mass is 32.2. The number of amides is 2. The van der Waals surface area contributed by atoms with Crippen LogP contribution in [0.15, 0.2) is 17.2 Å². The van der Waals surface area contributed by atoms with Crippen LogP contribution in [0.25, 0.3) is 0 Å². The van der Waals surface area contributed by atoms with E-state index in [-0.39, 0.29) is 35.2 Å². The van der Waals surface area contributed by atoms with Gasteiger partial charge in [-0.15, -0.1) is 0 Å². The van der Waals surface area contributed by atoms with Crippen molar-refractivity contribution in [2.24, 2.45) is 11.8 Å². The molecule has 1 aliphatic carbocycles. The fourth-order valence-corrected chi connectivity index (χ4v) is 6.81. The van der Waals surface area contributed by atoms with E-state index in [1.807, 2.05) is 0 Å². The van der Waals surface area contributed by atoms with E-state index in [2.05, 4.69) is 17.2 Å². The van der Waals surface area contributed by atoms with Crippen LogP contribution in [0.1, 0.15) is 81.6 Å². The number of hydrogen-bond acceptors (Lipinski definition) is 4. The third-order valence-electron chi connectivity index (χ3n) is 7.55. The number of piperidine rings is 2. The van der Waals surface area contributed by atoms with Gasteiger partial charge in [0.05, 0.1) is 5.92 Å². The molecule has 8 nitrogen and oxygen atoms in total. The van der Waals surface area contributed by atoms with E-state index in [0.717, 1.165) is 38.5 Å². The average Bonchev–Trinajstić information content (AvgIpc) is 3.19. The lowest BCUT2D eigenvalue weighted by molar-refractivity contribution is -0.126. The van der Waals surface area contributed by atoms with Gasteiger partial charge in [-0.3, -0.25) is 9.59 Å². The molecule has 9 heteroatoms. The lowest BCUT2D eigenvalue weighted by atomic mass is 9.97. The number of nitrogens with one attached hydrogen (secondary N) is 2. The molecule has 1 atom stereocenters. The maximum absolute atomic E-state index is 13.3. The number of rotatable bonds is 5. The van der Waals surface area contributed by atoms with Crippen LogP contribution < -0.4 is 5.32 Å². The molecule has 2 amide bonds. The highest BCUT2D eigenvalue weighted by Crippen LogP contribution is 2.26. The third-order valence-corrected chi connectivity index (χ3v) is 9.39. The molecule has 0 aromatic carbocycles. The Labute approximate surface area is 197 Å². The van der Waals surface area contributed by atoms with Crippen molar-refractivity contribution in [3.8, 4) is 0 Å². The van der Waals surface area contributed by atoms with Crippen LogP contribution in [-0.4, -0.2) is 66.6 Å². The number of H-pyrrole nitrogens is 1. The molecule has 1 unspecified atom stereocenters. The smallest absolute Gasteiger partial charge is 0.270 e. The SMILES string of the molecule is CC1CCN(C(=O)c2cc(S(=O)(=O)N3CCCC(C(=O)NC4CCCCCC4)C3)c[nH]2)CC1. The Balaban J connectivity index is 1.38. The number of carbonyl (C=O) groups is 2. The Hall–Kier alpha value is -1.87. The quantitative estimate of drug-likeness (QED) is 0.635. The number of aromatic amines is 1. The van der Waals surface area contributed by atoms with E-state index in [9.17, 15) is 18.0 Å². The van der Waals surface area contributed by atoms with Gasteiger partial charge < -0.3 is 15.2 Å². The van der Waals surface area contributed by atoms with Crippen molar-refractivity contribution >= 4 is 21.8 Å². The largest absolute Gasteiger partial charge is 0.356 e. The van der Waals surface area contributed by atoms with Gasteiger partial charge in [-0.2, -0.15) is 4.31 Å². The maximum atomic E-state index is 13.3. The summed E-state index contributed by atoms with van der Waals surface area (Å²) in [5.74, 6) is 0.112. The van der Waals surface area contributed by atoms with Crippen molar-refractivity contribution in [3.05, 3.63) is 18.0 Å². The highest BCUT2D eigenvalue weighted by molar-refractivity contribution is 7.89. The molecule has 33 heavy (non-hydrogen) atoms. The van der Waals surface area contributed by atoms with Crippen LogP contribution in [0.2, 0.25) is 0 Å². The van der Waals surface area contributed by atoms with Crippen LogP contribution >= 0.6 is 0 Å². The molecule has 2 aliphatic heterocycles. The van der Waals surface area contributed by atoms with Crippen LogP contribution in [0.5, 0.6) is 0 Å². The molecule has 2 N–H and O–H groups in total. The molecule has 0 bridgehead atoms. The second-order valence-electron chi connectivity index (χ2n) is 10.1. The molecule has 2 saturated heterocycles. The summed E-state index contributed by atoms with van der Waals surface area (Å²) in [5, 5.41) is 3.18. The van der Waals surface area contributed by atoms with Gasteiger partial charge in [0.15, 0.2) is 0 Å². The topological polar surface area (TPSA) is 103 Å². The van der Waals surface area contributed by atoms with Crippen LogP contribution in [0.3, 0.4) is 0 Å².